The molecule has 0 radical (unpaired) electrons. The molecule has 0 aliphatic rings. The van der Waals surface area contributed by atoms with Crippen molar-refractivity contribution in [1.82, 2.24) is 0 Å². The van der Waals surface area contributed by atoms with E-state index in [9.17, 15) is 14.7 Å². The van der Waals surface area contributed by atoms with Gasteiger partial charge in [0.1, 0.15) is 5.75 Å². The average molecular weight is 332 g/mol. The molecule has 25 heavy (non-hydrogen) atoms. The number of hydrogen-bond acceptors (Lipinski definition) is 3. The molecule has 0 heterocycles. The van der Waals surface area contributed by atoms with Crippen LogP contribution in [-0.2, 0) is 0 Å². The van der Waals surface area contributed by atoms with Crippen molar-refractivity contribution in [2.45, 2.75) is 6.92 Å². The van der Waals surface area contributed by atoms with E-state index in [2.05, 4.69) is 0 Å². The number of aromatic carboxylic acids is 1. The number of ketones is 1. The molecular weight excluding hydrogens is 316 g/mol. The van der Waals surface area contributed by atoms with Crippen molar-refractivity contribution >= 4 is 11.8 Å². The Morgan fingerprint density at radius 2 is 1.44 bits per heavy atom. The Hall–Kier alpha value is -3.40. The largest absolute Gasteiger partial charge is 0.507 e. The molecule has 3 rings (SSSR count). The molecule has 4 nitrogen and oxygen atoms in total. The highest BCUT2D eigenvalue weighted by Gasteiger charge is 2.17. The number of aryl methyl sites for hydroxylation is 1. The third kappa shape index (κ3) is 3.28. The van der Waals surface area contributed by atoms with Gasteiger partial charge in [-0.05, 0) is 47.9 Å². The quantitative estimate of drug-likeness (QED) is 0.699. The summed E-state index contributed by atoms with van der Waals surface area (Å²) in [6.07, 6.45) is 0. The molecule has 0 fully saturated rings. The minimum atomic E-state index is -0.992. The fraction of sp³-hybridized carbons (Fsp3) is 0.0476. The van der Waals surface area contributed by atoms with Crippen LogP contribution in [0, 0.1) is 6.92 Å². The second kappa shape index (κ2) is 6.61. The Morgan fingerprint density at radius 3 is 2.04 bits per heavy atom. The van der Waals surface area contributed by atoms with Crippen molar-refractivity contribution in [3.05, 3.63) is 89.0 Å². The van der Waals surface area contributed by atoms with Gasteiger partial charge in [0.15, 0.2) is 5.78 Å². The highest BCUT2D eigenvalue weighted by molar-refractivity contribution is 6.11. The third-order valence-electron chi connectivity index (χ3n) is 4.05. The normalized spacial score (nSPS) is 10.4. The van der Waals surface area contributed by atoms with Crippen LogP contribution in [-0.4, -0.2) is 22.0 Å². The Balaban J connectivity index is 2.07. The van der Waals surface area contributed by atoms with Crippen LogP contribution in [0.25, 0.3) is 11.1 Å². The first-order valence-corrected chi connectivity index (χ1v) is 7.74. The van der Waals surface area contributed by atoms with Gasteiger partial charge in [-0.25, -0.2) is 4.79 Å². The third-order valence-corrected chi connectivity index (χ3v) is 4.05. The number of hydrogen-bond donors (Lipinski definition) is 2. The summed E-state index contributed by atoms with van der Waals surface area (Å²) in [5.41, 5.74) is 3.01. The lowest BCUT2D eigenvalue weighted by molar-refractivity contribution is 0.0696. The van der Waals surface area contributed by atoms with Crippen LogP contribution in [0.2, 0.25) is 0 Å². The first-order chi connectivity index (χ1) is 12.0. The van der Waals surface area contributed by atoms with Crippen LogP contribution in [0.1, 0.15) is 31.8 Å². The molecule has 0 amide bonds. The molecule has 2 N–H and O–H groups in total. The molecule has 3 aromatic rings. The summed E-state index contributed by atoms with van der Waals surface area (Å²) in [7, 11) is 0. The molecule has 4 heteroatoms. The molecule has 0 aliphatic carbocycles. The number of rotatable bonds is 4. The number of phenolic OH excluding ortho intramolecular Hbond substituents is 1. The first kappa shape index (κ1) is 16.5. The Bertz CT molecular complexity index is 942. The number of carboxylic acid groups (broad SMARTS) is 1. The Kier molecular flexibility index (Phi) is 4.35. The van der Waals surface area contributed by atoms with Crippen molar-refractivity contribution in [2.24, 2.45) is 0 Å². The molecular formula is C21H16O4. The highest BCUT2D eigenvalue weighted by atomic mass is 16.4. The Morgan fingerprint density at radius 1 is 0.800 bits per heavy atom. The summed E-state index contributed by atoms with van der Waals surface area (Å²) in [5.74, 6) is -1.29. The molecule has 0 spiro atoms. The molecule has 3 aromatic carbocycles. The van der Waals surface area contributed by atoms with E-state index in [1.807, 2.05) is 6.07 Å². The van der Waals surface area contributed by atoms with Crippen molar-refractivity contribution in [2.75, 3.05) is 0 Å². The highest BCUT2D eigenvalue weighted by Crippen LogP contribution is 2.31. The van der Waals surface area contributed by atoms with Gasteiger partial charge in [0.2, 0.25) is 0 Å². The zero-order valence-electron chi connectivity index (χ0n) is 13.6. The van der Waals surface area contributed by atoms with E-state index in [1.165, 1.54) is 12.1 Å². The number of carboxylic acids is 1. The second-order valence-electron chi connectivity index (χ2n) is 5.77. The summed E-state index contributed by atoms with van der Waals surface area (Å²) in [6, 6.07) is 18.6. The second-order valence-corrected chi connectivity index (χ2v) is 5.77. The first-order valence-electron chi connectivity index (χ1n) is 7.74. The summed E-state index contributed by atoms with van der Waals surface area (Å²) in [5, 5.41) is 19.3. The molecule has 0 atom stereocenters. The summed E-state index contributed by atoms with van der Waals surface area (Å²) >= 11 is 0. The molecule has 0 bridgehead atoms. The lowest BCUT2D eigenvalue weighted by Crippen LogP contribution is -2.03. The van der Waals surface area contributed by atoms with Crippen molar-refractivity contribution in [1.29, 1.82) is 0 Å². The molecule has 0 saturated heterocycles. The maximum absolute atomic E-state index is 12.7. The smallest absolute Gasteiger partial charge is 0.335 e. The van der Waals surface area contributed by atoms with E-state index >= 15 is 0 Å². The van der Waals surface area contributed by atoms with Crippen LogP contribution in [0.4, 0.5) is 0 Å². The van der Waals surface area contributed by atoms with Gasteiger partial charge in [0, 0.05) is 5.56 Å². The minimum absolute atomic E-state index is 0.0419. The van der Waals surface area contributed by atoms with E-state index in [4.69, 9.17) is 5.11 Å². The zero-order chi connectivity index (χ0) is 18.0. The van der Waals surface area contributed by atoms with Crippen molar-refractivity contribution in [3.8, 4) is 16.9 Å². The van der Waals surface area contributed by atoms with E-state index in [0.717, 1.165) is 11.1 Å². The zero-order valence-corrected chi connectivity index (χ0v) is 13.6. The van der Waals surface area contributed by atoms with Crippen LogP contribution in [0.15, 0.2) is 66.7 Å². The van der Waals surface area contributed by atoms with Crippen LogP contribution in [0.3, 0.4) is 0 Å². The fourth-order valence-corrected chi connectivity index (χ4v) is 2.67. The Labute approximate surface area is 145 Å². The van der Waals surface area contributed by atoms with E-state index in [0.29, 0.717) is 11.1 Å². The van der Waals surface area contributed by atoms with Gasteiger partial charge < -0.3 is 10.2 Å². The fourth-order valence-electron chi connectivity index (χ4n) is 2.67. The molecule has 0 aliphatic heterocycles. The minimum Gasteiger partial charge on any atom is -0.507 e. The average Bonchev–Trinajstić information content (AvgIpc) is 2.64. The SMILES string of the molecule is Cc1cc(-c2ccc(C(=O)O)cc2)cc(C(=O)c2ccccc2)c1O. The lowest BCUT2D eigenvalue weighted by atomic mass is 9.94. The van der Waals surface area contributed by atoms with Gasteiger partial charge in [-0.2, -0.15) is 0 Å². The van der Waals surface area contributed by atoms with E-state index < -0.39 is 5.97 Å². The maximum atomic E-state index is 12.7. The van der Waals surface area contributed by atoms with Crippen molar-refractivity contribution < 1.29 is 19.8 Å². The van der Waals surface area contributed by atoms with Gasteiger partial charge in [0.25, 0.3) is 0 Å². The number of carbonyl (C=O) groups excluding carboxylic acids is 1. The number of benzene rings is 3. The summed E-state index contributed by atoms with van der Waals surface area (Å²) in [6.45, 7) is 1.73. The van der Waals surface area contributed by atoms with Gasteiger partial charge in [-0.1, -0.05) is 42.5 Å². The van der Waals surface area contributed by atoms with Crippen LogP contribution in [0.5, 0.6) is 5.75 Å². The van der Waals surface area contributed by atoms with Gasteiger partial charge in [-0.15, -0.1) is 0 Å². The topological polar surface area (TPSA) is 74.6 Å². The lowest BCUT2D eigenvalue weighted by Gasteiger charge is -2.11. The summed E-state index contributed by atoms with van der Waals surface area (Å²) < 4.78 is 0. The number of phenols is 1. The molecule has 0 unspecified atom stereocenters. The monoisotopic (exact) mass is 332 g/mol. The molecule has 124 valence electrons. The number of carbonyl (C=O) groups is 2. The van der Waals surface area contributed by atoms with E-state index in [-0.39, 0.29) is 22.7 Å². The van der Waals surface area contributed by atoms with Crippen LogP contribution < -0.4 is 0 Å². The van der Waals surface area contributed by atoms with Gasteiger partial charge in [-0.3, -0.25) is 4.79 Å². The molecule has 0 saturated carbocycles. The van der Waals surface area contributed by atoms with E-state index in [1.54, 1.807) is 55.5 Å². The van der Waals surface area contributed by atoms with Crippen LogP contribution >= 0.6 is 0 Å². The predicted molar refractivity (Wildman–Crippen MR) is 95.1 cm³/mol. The number of aromatic hydroxyl groups is 1. The van der Waals surface area contributed by atoms with Gasteiger partial charge >= 0.3 is 5.97 Å². The maximum Gasteiger partial charge on any atom is 0.335 e. The van der Waals surface area contributed by atoms with Gasteiger partial charge in [0.05, 0.1) is 11.1 Å². The van der Waals surface area contributed by atoms with Crippen molar-refractivity contribution in [3.63, 3.8) is 0 Å². The predicted octanol–water partition coefficient (Wildman–Crippen LogP) is 4.30. The standard InChI is InChI=1S/C21H16O4/c1-13-11-17(14-7-9-16(10-8-14)21(24)25)12-18(19(13)22)20(23)15-5-3-2-4-6-15/h2-12,22H,1H3,(H,24,25). The molecule has 0 aromatic heterocycles. The summed E-state index contributed by atoms with van der Waals surface area (Å²) in [4.78, 5) is 23.7.